The van der Waals surface area contributed by atoms with Gasteiger partial charge in [-0.15, -0.1) is 0 Å². The number of hydrogen-bond donors (Lipinski definition) is 17. The molecule has 0 amide bonds. The summed E-state index contributed by atoms with van der Waals surface area (Å²) < 4.78 is 6.01. The fourth-order valence-corrected chi connectivity index (χ4v) is 8.25. The zero-order valence-corrected chi connectivity index (χ0v) is 30.6. The van der Waals surface area contributed by atoms with Gasteiger partial charge in [-0.25, -0.2) is 0 Å². The van der Waals surface area contributed by atoms with Crippen molar-refractivity contribution in [3.8, 4) is 131 Å². The average molecular weight is 833 g/mol. The normalized spacial score (nSPS) is 11.8. The molecule has 0 bridgehead atoms. The van der Waals surface area contributed by atoms with E-state index < -0.39 is 136 Å². The highest BCUT2D eigenvalue weighted by Crippen LogP contribution is 2.65. The van der Waals surface area contributed by atoms with Crippen LogP contribution in [0.4, 0.5) is 0 Å². The Morgan fingerprint density at radius 2 is 0.574 bits per heavy atom. The first-order chi connectivity index (χ1) is 28.8. The van der Waals surface area contributed by atoms with Crippen molar-refractivity contribution in [1.29, 1.82) is 0 Å². The van der Waals surface area contributed by atoms with Crippen LogP contribution in [0.25, 0.3) is 87.6 Å². The predicted octanol–water partition coefficient (Wildman–Crippen LogP) is 7.35. The lowest BCUT2D eigenvalue weighted by Gasteiger charge is -2.22. The molecule has 18 nitrogen and oxygen atoms in total. The Morgan fingerprint density at radius 3 is 1.00 bits per heavy atom. The molecular formula is C43H28O18. The molecule has 0 radical (unpaired) electrons. The standard InChI is InChI=1S/C43H28O18/c1-10-25(44)27(46)17(18-24-26(45)20-23(36(55)43(24)61-42(10)18)35(54)38(57)37(56)32(20)51)15-11-6-2-4-8-13(11)16(14-9-5-3-7-12(14)15)19-28(47)30(49)21(31(50)29(19)48)22-33(52)39(58)41(60)40(59)34(22)53/h2-9,44-60H,1H3. The Morgan fingerprint density at radius 1 is 0.262 bits per heavy atom. The molecule has 17 N–H and O–H groups in total. The van der Waals surface area contributed by atoms with E-state index >= 15 is 0 Å². The molecule has 8 aromatic carbocycles. The Balaban J connectivity index is 1.46. The SMILES string of the molecule is Cc1c(O)c(O)c(-c2c3ccccc3c(-c3c(O)c(O)c(-c4c(O)c(O)c(O)c(O)c4O)c(O)c3O)c3ccccc23)c2c1oc1c(O)c3c(O)c(O)c(O)c(O)c3c(O)c12. The average Bonchev–Trinajstić information content (AvgIpc) is 3.66. The van der Waals surface area contributed by atoms with E-state index in [-0.39, 0.29) is 54.8 Å². The topological polar surface area (TPSA) is 357 Å². The van der Waals surface area contributed by atoms with E-state index in [4.69, 9.17) is 4.42 Å². The van der Waals surface area contributed by atoms with Crippen molar-refractivity contribution in [2.45, 2.75) is 6.92 Å². The molecule has 0 aliphatic rings. The maximum atomic E-state index is 11.9. The van der Waals surface area contributed by atoms with Crippen LogP contribution in [0.5, 0.6) is 97.7 Å². The van der Waals surface area contributed by atoms with Crippen LogP contribution in [0.1, 0.15) is 5.56 Å². The largest absolute Gasteiger partial charge is 0.506 e. The van der Waals surface area contributed by atoms with Crippen LogP contribution in [0.15, 0.2) is 52.9 Å². The molecule has 0 fully saturated rings. The lowest BCUT2D eigenvalue weighted by molar-refractivity contribution is 0.329. The van der Waals surface area contributed by atoms with Crippen molar-refractivity contribution in [3.63, 3.8) is 0 Å². The molecule has 0 atom stereocenters. The van der Waals surface area contributed by atoms with E-state index in [1.54, 1.807) is 12.1 Å². The Labute approximate surface area is 337 Å². The van der Waals surface area contributed by atoms with Crippen molar-refractivity contribution in [3.05, 3.63) is 54.1 Å². The highest BCUT2D eigenvalue weighted by Gasteiger charge is 2.36. The van der Waals surface area contributed by atoms with Crippen molar-refractivity contribution < 1.29 is 91.2 Å². The van der Waals surface area contributed by atoms with Gasteiger partial charge in [0.1, 0.15) is 11.3 Å². The zero-order chi connectivity index (χ0) is 44.0. The van der Waals surface area contributed by atoms with E-state index in [1.807, 2.05) is 0 Å². The van der Waals surface area contributed by atoms with E-state index in [2.05, 4.69) is 0 Å². The van der Waals surface area contributed by atoms with Crippen LogP contribution < -0.4 is 0 Å². The Kier molecular flexibility index (Phi) is 7.52. The summed E-state index contributed by atoms with van der Waals surface area (Å²) >= 11 is 0. The number of aromatic hydroxyl groups is 17. The van der Waals surface area contributed by atoms with Crippen molar-refractivity contribution in [2.75, 3.05) is 0 Å². The van der Waals surface area contributed by atoms with Crippen LogP contribution in [0.2, 0.25) is 0 Å². The molecule has 18 heteroatoms. The van der Waals surface area contributed by atoms with Crippen LogP contribution in [-0.2, 0) is 0 Å². The smallest absolute Gasteiger partial charge is 0.208 e. The molecule has 0 aliphatic heterocycles. The third-order valence-electron chi connectivity index (χ3n) is 11.1. The second-order valence-corrected chi connectivity index (χ2v) is 14.2. The number of benzene rings is 8. The quantitative estimate of drug-likeness (QED) is 0.0469. The van der Waals surface area contributed by atoms with Gasteiger partial charge in [0, 0.05) is 27.6 Å². The van der Waals surface area contributed by atoms with E-state index in [1.165, 1.54) is 43.3 Å². The summed E-state index contributed by atoms with van der Waals surface area (Å²) in [6.45, 7) is 1.33. The molecular weight excluding hydrogens is 804 g/mol. The molecule has 0 saturated carbocycles. The second-order valence-electron chi connectivity index (χ2n) is 14.2. The van der Waals surface area contributed by atoms with Crippen LogP contribution in [-0.4, -0.2) is 86.8 Å². The Hall–Kier alpha value is -9.06. The first kappa shape index (κ1) is 37.5. The van der Waals surface area contributed by atoms with Gasteiger partial charge in [-0.05, 0) is 28.5 Å². The van der Waals surface area contributed by atoms with Crippen molar-refractivity contribution >= 4 is 54.3 Å². The number of furan rings is 1. The summed E-state index contributed by atoms with van der Waals surface area (Å²) in [5.41, 5.74) is -4.08. The van der Waals surface area contributed by atoms with E-state index in [0.29, 0.717) is 0 Å². The number of fused-ring (bicyclic) bond motifs is 6. The number of phenols is 17. The fraction of sp³-hybridized carbons (Fsp3) is 0.0233. The summed E-state index contributed by atoms with van der Waals surface area (Å²) in [4.78, 5) is 0. The summed E-state index contributed by atoms with van der Waals surface area (Å²) in [6.07, 6.45) is 0. The fourth-order valence-electron chi connectivity index (χ4n) is 8.25. The summed E-state index contributed by atoms with van der Waals surface area (Å²) in [6, 6.07) is 12.1. The van der Waals surface area contributed by atoms with Gasteiger partial charge in [0.2, 0.25) is 28.7 Å². The molecule has 0 aliphatic carbocycles. The Bertz CT molecular complexity index is 3400. The van der Waals surface area contributed by atoms with Gasteiger partial charge in [-0.1, -0.05) is 48.5 Å². The van der Waals surface area contributed by atoms with Gasteiger partial charge in [-0.3, -0.25) is 0 Å². The molecule has 0 unspecified atom stereocenters. The lowest BCUT2D eigenvalue weighted by atomic mass is 9.83. The van der Waals surface area contributed by atoms with Gasteiger partial charge in [0.05, 0.1) is 32.8 Å². The molecule has 9 rings (SSSR count). The molecule has 61 heavy (non-hydrogen) atoms. The monoisotopic (exact) mass is 832 g/mol. The minimum absolute atomic E-state index is 0.0593. The number of aryl methyl sites for hydroxylation is 1. The van der Waals surface area contributed by atoms with Gasteiger partial charge < -0.3 is 91.2 Å². The van der Waals surface area contributed by atoms with E-state index in [9.17, 15) is 86.8 Å². The number of rotatable bonds is 3. The number of phenolic OH excluding ortho intramolecular Hbond substituents is 17. The molecule has 1 aromatic heterocycles. The third-order valence-corrected chi connectivity index (χ3v) is 11.1. The lowest BCUT2D eigenvalue weighted by Crippen LogP contribution is -1.95. The van der Waals surface area contributed by atoms with Crippen LogP contribution in [0.3, 0.4) is 0 Å². The predicted molar refractivity (Wildman–Crippen MR) is 216 cm³/mol. The van der Waals surface area contributed by atoms with Crippen LogP contribution in [0, 0.1) is 6.92 Å². The molecule has 0 saturated heterocycles. The van der Waals surface area contributed by atoms with Gasteiger partial charge in [0.15, 0.2) is 68.8 Å². The first-order valence-corrected chi connectivity index (χ1v) is 17.6. The molecule has 1 heterocycles. The summed E-state index contributed by atoms with van der Waals surface area (Å²) in [7, 11) is 0. The minimum Gasteiger partial charge on any atom is -0.506 e. The molecule has 9 aromatic rings. The van der Waals surface area contributed by atoms with Gasteiger partial charge >= 0.3 is 0 Å². The summed E-state index contributed by atoms with van der Waals surface area (Å²) in [5, 5.41) is 185. The second kappa shape index (κ2) is 12.2. The summed E-state index contributed by atoms with van der Waals surface area (Å²) in [5.74, 6) is -20.1. The van der Waals surface area contributed by atoms with Gasteiger partial charge in [0.25, 0.3) is 0 Å². The third kappa shape index (κ3) is 4.48. The number of hydrogen-bond acceptors (Lipinski definition) is 18. The molecule has 308 valence electrons. The van der Waals surface area contributed by atoms with Gasteiger partial charge in [-0.2, -0.15) is 0 Å². The molecule has 0 spiro atoms. The highest BCUT2D eigenvalue weighted by atomic mass is 16.4. The van der Waals surface area contributed by atoms with Crippen molar-refractivity contribution in [2.24, 2.45) is 0 Å². The van der Waals surface area contributed by atoms with E-state index in [0.717, 1.165) is 0 Å². The minimum atomic E-state index is -1.39. The highest BCUT2D eigenvalue weighted by molar-refractivity contribution is 6.31. The van der Waals surface area contributed by atoms with Crippen molar-refractivity contribution in [1.82, 2.24) is 0 Å². The van der Waals surface area contributed by atoms with Crippen LogP contribution >= 0.6 is 0 Å². The maximum Gasteiger partial charge on any atom is 0.208 e. The first-order valence-electron chi connectivity index (χ1n) is 17.6. The maximum absolute atomic E-state index is 11.9. The zero-order valence-electron chi connectivity index (χ0n) is 30.6.